The fourth-order valence-corrected chi connectivity index (χ4v) is 2.45. The number of fused-ring (bicyclic) bond motifs is 1. The van der Waals surface area contributed by atoms with E-state index < -0.39 is 0 Å². The summed E-state index contributed by atoms with van der Waals surface area (Å²) < 4.78 is 5.32. The molecule has 0 unspecified atom stereocenters. The second-order valence-electron chi connectivity index (χ2n) is 5.56. The molecule has 3 aromatic rings. The molecule has 0 aliphatic rings. The monoisotopic (exact) mass is 308 g/mol. The van der Waals surface area contributed by atoms with Gasteiger partial charge in [-0.1, -0.05) is 30.3 Å². The molecule has 1 heterocycles. The lowest BCUT2D eigenvalue weighted by Crippen LogP contribution is -2.21. The molecule has 118 valence electrons. The van der Waals surface area contributed by atoms with Crippen LogP contribution < -0.4 is 16.3 Å². The molecule has 2 aromatic carbocycles. The van der Waals surface area contributed by atoms with Gasteiger partial charge in [0.2, 0.25) is 0 Å². The van der Waals surface area contributed by atoms with Crippen LogP contribution >= 0.6 is 0 Å². The molecule has 0 bridgehead atoms. The molecule has 0 aliphatic heterocycles. The first-order valence-corrected chi connectivity index (χ1v) is 7.75. The highest BCUT2D eigenvalue weighted by Gasteiger charge is 2.02. The molecule has 0 fully saturated rings. The zero-order chi connectivity index (χ0) is 16.1. The van der Waals surface area contributed by atoms with Gasteiger partial charge >= 0.3 is 5.63 Å². The van der Waals surface area contributed by atoms with E-state index in [0.29, 0.717) is 11.1 Å². The minimum Gasteiger partial charge on any atom is -0.423 e. The minimum atomic E-state index is -0.269. The zero-order valence-electron chi connectivity index (χ0n) is 13.1. The van der Waals surface area contributed by atoms with E-state index in [4.69, 9.17) is 4.42 Å². The quantitative estimate of drug-likeness (QED) is 0.542. The molecule has 3 rings (SSSR count). The van der Waals surface area contributed by atoms with Crippen molar-refractivity contribution in [1.29, 1.82) is 0 Å². The molecule has 2 N–H and O–H groups in total. The van der Waals surface area contributed by atoms with Gasteiger partial charge in [-0.25, -0.2) is 4.79 Å². The highest BCUT2D eigenvalue weighted by molar-refractivity contribution is 5.77. The van der Waals surface area contributed by atoms with Crippen LogP contribution in [0.5, 0.6) is 0 Å². The first-order valence-electron chi connectivity index (χ1n) is 7.75. The van der Waals surface area contributed by atoms with Crippen LogP contribution in [0.15, 0.2) is 63.8 Å². The van der Waals surface area contributed by atoms with Crippen molar-refractivity contribution in [2.45, 2.75) is 13.5 Å². The van der Waals surface area contributed by atoms with E-state index >= 15 is 0 Å². The molecular weight excluding hydrogens is 288 g/mol. The number of rotatable bonds is 6. The van der Waals surface area contributed by atoms with E-state index in [0.717, 1.165) is 36.3 Å². The molecule has 4 nitrogen and oxygen atoms in total. The number of anilines is 1. The molecular formula is C19H20N2O2. The average Bonchev–Trinajstić information content (AvgIpc) is 2.57. The number of aryl methyl sites for hydroxylation is 1. The summed E-state index contributed by atoms with van der Waals surface area (Å²) in [6, 6.07) is 18.0. The van der Waals surface area contributed by atoms with Crippen LogP contribution in [-0.4, -0.2) is 13.1 Å². The van der Waals surface area contributed by atoms with Crippen molar-refractivity contribution in [2.24, 2.45) is 0 Å². The van der Waals surface area contributed by atoms with E-state index in [-0.39, 0.29) is 5.63 Å². The maximum atomic E-state index is 11.6. The third kappa shape index (κ3) is 3.99. The van der Waals surface area contributed by atoms with Gasteiger partial charge in [0.25, 0.3) is 0 Å². The molecule has 1 aromatic heterocycles. The van der Waals surface area contributed by atoms with Crippen molar-refractivity contribution >= 4 is 16.7 Å². The van der Waals surface area contributed by atoms with E-state index in [2.05, 4.69) is 16.7 Å². The number of benzene rings is 2. The van der Waals surface area contributed by atoms with E-state index in [1.807, 2.05) is 48.5 Å². The molecule has 0 amide bonds. The summed E-state index contributed by atoms with van der Waals surface area (Å²) >= 11 is 0. The van der Waals surface area contributed by atoms with Crippen LogP contribution in [-0.2, 0) is 6.54 Å². The Morgan fingerprint density at radius 3 is 2.65 bits per heavy atom. The van der Waals surface area contributed by atoms with Crippen molar-refractivity contribution in [2.75, 3.05) is 18.4 Å². The smallest absolute Gasteiger partial charge is 0.339 e. The molecule has 4 heteroatoms. The number of hydrogen-bond acceptors (Lipinski definition) is 4. The van der Waals surface area contributed by atoms with Crippen molar-refractivity contribution in [1.82, 2.24) is 5.32 Å². The fraction of sp³-hybridized carbons (Fsp3) is 0.211. The zero-order valence-corrected chi connectivity index (χ0v) is 13.1. The average molecular weight is 308 g/mol. The minimum absolute atomic E-state index is 0.269. The van der Waals surface area contributed by atoms with Crippen molar-refractivity contribution in [3.8, 4) is 0 Å². The highest BCUT2D eigenvalue weighted by atomic mass is 16.4. The van der Waals surface area contributed by atoms with Gasteiger partial charge in [-0.05, 0) is 36.8 Å². The second-order valence-corrected chi connectivity index (χ2v) is 5.56. The Kier molecular flexibility index (Phi) is 4.74. The Hall–Kier alpha value is -2.59. The highest BCUT2D eigenvalue weighted by Crippen LogP contribution is 2.15. The largest absolute Gasteiger partial charge is 0.423 e. The predicted octanol–water partition coefficient (Wildman–Crippen LogP) is 3.30. The summed E-state index contributed by atoms with van der Waals surface area (Å²) in [6.07, 6.45) is 0. The van der Waals surface area contributed by atoms with Crippen molar-refractivity contribution < 1.29 is 4.42 Å². The number of nitrogens with one attached hydrogen (secondary N) is 2. The summed E-state index contributed by atoms with van der Waals surface area (Å²) in [5.74, 6) is 0. The Balaban J connectivity index is 1.53. The molecule has 0 spiro atoms. The first kappa shape index (κ1) is 15.3. The number of hydrogen-bond donors (Lipinski definition) is 2. The Morgan fingerprint density at radius 2 is 1.83 bits per heavy atom. The normalized spacial score (nSPS) is 10.8. The maximum absolute atomic E-state index is 11.6. The molecule has 23 heavy (non-hydrogen) atoms. The third-order valence-corrected chi connectivity index (χ3v) is 3.71. The summed E-state index contributed by atoms with van der Waals surface area (Å²) in [6.45, 7) is 4.21. The lowest BCUT2D eigenvalue weighted by molar-refractivity contribution is 0.554. The van der Waals surface area contributed by atoms with E-state index in [1.54, 1.807) is 6.92 Å². The summed E-state index contributed by atoms with van der Waals surface area (Å²) in [5, 5.41) is 7.69. The van der Waals surface area contributed by atoms with Crippen LogP contribution in [0.4, 0.5) is 5.69 Å². The molecule has 0 saturated heterocycles. The molecule has 0 atom stereocenters. The van der Waals surface area contributed by atoms with E-state index in [9.17, 15) is 4.79 Å². The van der Waals surface area contributed by atoms with Crippen LogP contribution in [0.3, 0.4) is 0 Å². The first-order chi connectivity index (χ1) is 11.2. The van der Waals surface area contributed by atoms with Gasteiger partial charge in [-0.15, -0.1) is 0 Å². The van der Waals surface area contributed by atoms with Crippen molar-refractivity contribution in [3.05, 3.63) is 76.1 Å². The predicted molar refractivity (Wildman–Crippen MR) is 93.9 cm³/mol. The summed E-state index contributed by atoms with van der Waals surface area (Å²) in [4.78, 5) is 11.6. The molecule has 0 radical (unpaired) electrons. The maximum Gasteiger partial charge on any atom is 0.339 e. The van der Waals surface area contributed by atoms with Gasteiger partial charge in [0.1, 0.15) is 5.58 Å². The van der Waals surface area contributed by atoms with Crippen LogP contribution in [0.2, 0.25) is 0 Å². The molecule has 0 aliphatic carbocycles. The third-order valence-electron chi connectivity index (χ3n) is 3.71. The van der Waals surface area contributed by atoms with Gasteiger partial charge < -0.3 is 15.1 Å². The standard InChI is InChI=1S/C19H20N2O2/c1-14-11-16-8-7-15(12-18(16)23-19(14)22)13-20-9-10-21-17-5-3-2-4-6-17/h2-8,11-12,20-21H,9-10,13H2,1H3. The summed E-state index contributed by atoms with van der Waals surface area (Å²) in [5.41, 5.74) is 3.23. The molecule has 0 saturated carbocycles. The van der Waals surface area contributed by atoms with Crippen molar-refractivity contribution in [3.63, 3.8) is 0 Å². The fourth-order valence-electron chi connectivity index (χ4n) is 2.45. The van der Waals surface area contributed by atoms with Gasteiger partial charge in [-0.2, -0.15) is 0 Å². The van der Waals surface area contributed by atoms with Crippen LogP contribution in [0, 0.1) is 6.92 Å². The Bertz CT molecular complexity index is 841. The van der Waals surface area contributed by atoms with Gasteiger partial charge in [0.05, 0.1) is 0 Å². The lowest BCUT2D eigenvalue weighted by Gasteiger charge is -2.08. The number of para-hydroxylation sites is 1. The van der Waals surface area contributed by atoms with E-state index in [1.165, 1.54) is 0 Å². The van der Waals surface area contributed by atoms with Crippen LogP contribution in [0.25, 0.3) is 11.0 Å². The second kappa shape index (κ2) is 7.11. The topological polar surface area (TPSA) is 54.3 Å². The Labute approximate surface area is 135 Å². The van der Waals surface area contributed by atoms with Gasteiger partial charge in [0, 0.05) is 36.3 Å². The SMILES string of the molecule is Cc1cc2ccc(CNCCNc3ccccc3)cc2oc1=O. The van der Waals surface area contributed by atoms with Gasteiger partial charge in [-0.3, -0.25) is 0 Å². The summed E-state index contributed by atoms with van der Waals surface area (Å²) in [7, 11) is 0. The Morgan fingerprint density at radius 1 is 1.00 bits per heavy atom. The van der Waals surface area contributed by atoms with Gasteiger partial charge in [0.15, 0.2) is 0 Å². The van der Waals surface area contributed by atoms with Crippen LogP contribution in [0.1, 0.15) is 11.1 Å². The lowest BCUT2D eigenvalue weighted by atomic mass is 10.1.